The van der Waals surface area contributed by atoms with Gasteiger partial charge in [0.25, 0.3) is 5.91 Å². The fourth-order valence-electron chi connectivity index (χ4n) is 3.60. The molecule has 1 aliphatic heterocycles. The third-order valence-electron chi connectivity index (χ3n) is 5.14. The number of fused-ring (bicyclic) bond motifs is 1. The summed E-state index contributed by atoms with van der Waals surface area (Å²) in [5.41, 5.74) is 3.67. The third-order valence-corrected chi connectivity index (χ3v) is 5.14. The quantitative estimate of drug-likeness (QED) is 0.616. The summed E-state index contributed by atoms with van der Waals surface area (Å²) in [6.07, 6.45) is 0.639. The van der Waals surface area contributed by atoms with Crippen LogP contribution in [-0.2, 0) is 13.0 Å². The zero-order chi connectivity index (χ0) is 19.5. The summed E-state index contributed by atoms with van der Waals surface area (Å²) in [6, 6.07) is 22.0. The van der Waals surface area contributed by atoms with Gasteiger partial charge in [0.05, 0.1) is 0 Å². The van der Waals surface area contributed by atoms with Crippen molar-refractivity contribution in [2.75, 3.05) is 6.54 Å². The molecule has 3 aromatic carbocycles. The highest BCUT2D eigenvalue weighted by molar-refractivity contribution is 5.97. The van der Waals surface area contributed by atoms with Crippen molar-refractivity contribution in [1.82, 2.24) is 4.90 Å². The Morgan fingerprint density at radius 3 is 2.50 bits per heavy atom. The molecular weight excluding hydrogens is 353 g/mol. The first kappa shape index (κ1) is 18.2. The van der Waals surface area contributed by atoms with Gasteiger partial charge in [-0.25, -0.2) is 4.39 Å². The number of amides is 1. The van der Waals surface area contributed by atoms with E-state index >= 15 is 0 Å². The van der Waals surface area contributed by atoms with E-state index in [2.05, 4.69) is 0 Å². The Hall–Kier alpha value is -3.14. The second-order valence-corrected chi connectivity index (χ2v) is 7.06. The van der Waals surface area contributed by atoms with Crippen LogP contribution < -0.4 is 4.74 Å². The Labute approximate surface area is 164 Å². The van der Waals surface area contributed by atoms with Crippen LogP contribution in [-0.4, -0.2) is 17.4 Å². The lowest BCUT2D eigenvalue weighted by Gasteiger charge is -2.30. The lowest BCUT2D eigenvalue weighted by molar-refractivity contribution is 0.0724. The Morgan fingerprint density at radius 1 is 1.00 bits per heavy atom. The molecule has 4 rings (SSSR count). The van der Waals surface area contributed by atoms with Crippen LogP contribution in [0.4, 0.5) is 4.39 Å². The Morgan fingerprint density at radius 2 is 1.75 bits per heavy atom. The lowest BCUT2D eigenvalue weighted by Crippen LogP contribution is -2.37. The van der Waals surface area contributed by atoms with Gasteiger partial charge in [0.1, 0.15) is 17.7 Å². The van der Waals surface area contributed by atoms with Crippen molar-refractivity contribution in [3.8, 4) is 5.75 Å². The topological polar surface area (TPSA) is 29.5 Å². The second-order valence-electron chi connectivity index (χ2n) is 7.06. The number of carbonyl (C=O) groups is 1. The van der Waals surface area contributed by atoms with Gasteiger partial charge in [0, 0.05) is 24.2 Å². The monoisotopic (exact) mass is 375 g/mol. The minimum Gasteiger partial charge on any atom is -0.486 e. The number of benzene rings is 3. The van der Waals surface area contributed by atoms with Gasteiger partial charge in [-0.3, -0.25) is 4.79 Å². The summed E-state index contributed by atoms with van der Waals surface area (Å²) >= 11 is 0. The molecule has 0 fully saturated rings. The Kier molecular flexibility index (Phi) is 5.11. The van der Waals surface area contributed by atoms with Gasteiger partial charge in [-0.15, -0.1) is 0 Å². The molecule has 0 aliphatic carbocycles. The van der Waals surface area contributed by atoms with Crippen LogP contribution >= 0.6 is 0 Å². The van der Waals surface area contributed by atoms with Gasteiger partial charge in [0.15, 0.2) is 0 Å². The first-order chi connectivity index (χ1) is 13.6. The molecule has 0 radical (unpaired) electrons. The number of ether oxygens (including phenoxy) is 1. The predicted octanol–water partition coefficient (Wildman–Crippen LogP) is 5.16. The molecule has 1 unspecified atom stereocenters. The molecular formula is C24H22FNO2. The van der Waals surface area contributed by atoms with Gasteiger partial charge in [-0.1, -0.05) is 48.5 Å². The highest BCUT2D eigenvalue weighted by Gasteiger charge is 2.27. The molecule has 0 aromatic heterocycles. The molecule has 0 spiro atoms. The maximum absolute atomic E-state index is 13.1. The molecule has 0 saturated carbocycles. The molecule has 1 amide bonds. The number of hydrogen-bond donors (Lipinski definition) is 0. The normalized spacial score (nSPS) is 14.5. The summed E-state index contributed by atoms with van der Waals surface area (Å²) in [4.78, 5) is 14.8. The van der Waals surface area contributed by atoms with E-state index in [0.717, 1.165) is 28.9 Å². The fourth-order valence-corrected chi connectivity index (χ4v) is 3.60. The molecule has 0 saturated heterocycles. The lowest BCUT2D eigenvalue weighted by atomic mass is 9.97. The van der Waals surface area contributed by atoms with E-state index in [1.54, 1.807) is 17.0 Å². The molecule has 3 nitrogen and oxygen atoms in total. The highest BCUT2D eigenvalue weighted by Crippen LogP contribution is 2.31. The van der Waals surface area contributed by atoms with E-state index in [1.807, 2.05) is 55.5 Å². The minimum atomic E-state index is -0.270. The molecule has 1 aliphatic rings. The summed E-state index contributed by atoms with van der Waals surface area (Å²) in [7, 11) is 0. The summed E-state index contributed by atoms with van der Waals surface area (Å²) in [5, 5.41) is 0. The smallest absolute Gasteiger partial charge is 0.254 e. The largest absolute Gasteiger partial charge is 0.486 e. The average molecular weight is 375 g/mol. The second kappa shape index (κ2) is 7.85. The van der Waals surface area contributed by atoms with Crippen molar-refractivity contribution in [2.24, 2.45) is 0 Å². The van der Waals surface area contributed by atoms with Gasteiger partial charge in [-0.05, 0) is 48.7 Å². The summed E-state index contributed by atoms with van der Waals surface area (Å²) in [5.74, 6) is 0.486. The Balaban J connectivity index is 1.53. The SMILES string of the molecule is CC(Oc1cccc2c1CCN(Cc1ccc(F)cc1)C2=O)c1ccccc1. The van der Waals surface area contributed by atoms with Crippen molar-refractivity contribution in [3.63, 3.8) is 0 Å². The molecule has 4 heteroatoms. The van der Waals surface area contributed by atoms with Gasteiger partial charge >= 0.3 is 0 Å². The summed E-state index contributed by atoms with van der Waals surface area (Å²) in [6.45, 7) is 3.10. The van der Waals surface area contributed by atoms with Gasteiger partial charge < -0.3 is 9.64 Å². The van der Waals surface area contributed by atoms with E-state index in [-0.39, 0.29) is 17.8 Å². The van der Waals surface area contributed by atoms with Crippen LogP contribution in [0.3, 0.4) is 0 Å². The number of carbonyl (C=O) groups excluding carboxylic acids is 1. The number of hydrogen-bond acceptors (Lipinski definition) is 2. The van der Waals surface area contributed by atoms with E-state index < -0.39 is 0 Å². The van der Waals surface area contributed by atoms with Crippen LogP contribution in [0.1, 0.15) is 40.1 Å². The molecule has 1 atom stereocenters. The van der Waals surface area contributed by atoms with E-state index in [0.29, 0.717) is 18.7 Å². The van der Waals surface area contributed by atoms with Crippen LogP contribution in [0.15, 0.2) is 72.8 Å². The van der Waals surface area contributed by atoms with E-state index in [9.17, 15) is 9.18 Å². The molecule has 142 valence electrons. The zero-order valence-electron chi connectivity index (χ0n) is 15.8. The maximum Gasteiger partial charge on any atom is 0.254 e. The fraction of sp³-hybridized carbons (Fsp3) is 0.208. The van der Waals surface area contributed by atoms with Crippen molar-refractivity contribution in [2.45, 2.75) is 26.0 Å². The molecule has 1 heterocycles. The molecule has 3 aromatic rings. The van der Waals surface area contributed by atoms with E-state index in [1.165, 1.54) is 12.1 Å². The highest BCUT2D eigenvalue weighted by atomic mass is 19.1. The van der Waals surface area contributed by atoms with E-state index in [4.69, 9.17) is 4.74 Å². The van der Waals surface area contributed by atoms with Gasteiger partial charge in [0.2, 0.25) is 0 Å². The van der Waals surface area contributed by atoms with Crippen molar-refractivity contribution < 1.29 is 13.9 Å². The standard InChI is InChI=1S/C24H22FNO2/c1-17(19-6-3-2-4-7-19)28-23-9-5-8-22-21(23)14-15-26(24(22)27)16-18-10-12-20(25)13-11-18/h2-13,17H,14-16H2,1H3. The van der Waals surface area contributed by atoms with Crippen molar-refractivity contribution in [1.29, 1.82) is 0 Å². The van der Waals surface area contributed by atoms with Crippen LogP contribution in [0.25, 0.3) is 0 Å². The van der Waals surface area contributed by atoms with Gasteiger partial charge in [-0.2, -0.15) is 0 Å². The van der Waals surface area contributed by atoms with Crippen molar-refractivity contribution >= 4 is 5.91 Å². The first-order valence-corrected chi connectivity index (χ1v) is 9.49. The molecule has 0 N–H and O–H groups in total. The zero-order valence-corrected chi connectivity index (χ0v) is 15.8. The number of rotatable bonds is 5. The Bertz CT molecular complexity index is 970. The average Bonchev–Trinajstić information content (AvgIpc) is 2.73. The van der Waals surface area contributed by atoms with Crippen LogP contribution in [0.2, 0.25) is 0 Å². The third kappa shape index (κ3) is 3.77. The summed E-state index contributed by atoms with van der Waals surface area (Å²) < 4.78 is 19.3. The van der Waals surface area contributed by atoms with Crippen LogP contribution in [0.5, 0.6) is 5.75 Å². The number of halogens is 1. The van der Waals surface area contributed by atoms with Crippen molar-refractivity contribution in [3.05, 3.63) is 101 Å². The maximum atomic E-state index is 13.1. The molecule has 28 heavy (non-hydrogen) atoms. The van der Waals surface area contributed by atoms with Crippen LogP contribution in [0, 0.1) is 5.82 Å². The number of nitrogens with zero attached hydrogens (tertiary/aromatic N) is 1. The minimum absolute atomic E-state index is 0.0108. The molecule has 0 bridgehead atoms. The first-order valence-electron chi connectivity index (χ1n) is 9.49. The predicted molar refractivity (Wildman–Crippen MR) is 107 cm³/mol.